The van der Waals surface area contributed by atoms with Crippen molar-refractivity contribution in [1.29, 1.82) is 0 Å². The van der Waals surface area contributed by atoms with Crippen LogP contribution in [-0.4, -0.2) is 38.4 Å². The summed E-state index contributed by atoms with van der Waals surface area (Å²) in [7, 11) is 1.36. The maximum Gasteiger partial charge on any atom is 0.193 e. The lowest BCUT2D eigenvalue weighted by atomic mass is 9.88. The van der Waals surface area contributed by atoms with Gasteiger partial charge in [-0.05, 0) is 78.4 Å². The molecule has 0 aliphatic rings. The number of phenols is 5. The molecule has 7 heteroatoms. The number of rotatable bonds is 12. The molecule has 0 aliphatic heterocycles. The highest BCUT2D eigenvalue weighted by molar-refractivity contribution is 6.11. The molecule has 0 aliphatic carbocycles. The number of unbranched alkanes of at least 4 members (excludes halogenated alkanes) is 1. The van der Waals surface area contributed by atoms with Crippen LogP contribution in [0.3, 0.4) is 0 Å². The fourth-order valence-corrected chi connectivity index (χ4v) is 4.76. The lowest BCUT2D eigenvalue weighted by molar-refractivity contribution is 0.104. The van der Waals surface area contributed by atoms with E-state index in [4.69, 9.17) is 4.74 Å². The second-order valence-electron chi connectivity index (χ2n) is 9.99. The van der Waals surface area contributed by atoms with E-state index in [9.17, 15) is 30.3 Å². The van der Waals surface area contributed by atoms with Crippen molar-refractivity contribution in [3.63, 3.8) is 0 Å². The molecule has 7 nitrogen and oxygen atoms in total. The van der Waals surface area contributed by atoms with Gasteiger partial charge in [-0.3, -0.25) is 4.79 Å². The Kier molecular flexibility index (Phi) is 9.90. The molecule has 4 aromatic carbocycles. The molecule has 0 radical (unpaired) electrons. The van der Waals surface area contributed by atoms with Gasteiger partial charge in [-0.25, -0.2) is 0 Å². The molecular weight excluding hydrogens is 532 g/mol. The van der Waals surface area contributed by atoms with Gasteiger partial charge in [0.25, 0.3) is 0 Å². The molecule has 0 saturated carbocycles. The number of ether oxygens (including phenoxy) is 1. The molecule has 0 amide bonds. The zero-order valence-electron chi connectivity index (χ0n) is 23.3. The third-order valence-electron chi connectivity index (χ3n) is 7.02. The Labute approximate surface area is 244 Å². The Balaban J connectivity index is 1.64. The maximum absolute atomic E-state index is 13.3. The largest absolute Gasteiger partial charge is 0.508 e. The van der Waals surface area contributed by atoms with Crippen molar-refractivity contribution in [1.82, 2.24) is 0 Å². The lowest BCUT2D eigenvalue weighted by Gasteiger charge is -2.20. The van der Waals surface area contributed by atoms with Crippen molar-refractivity contribution >= 4 is 17.9 Å². The van der Waals surface area contributed by atoms with Gasteiger partial charge in [0.05, 0.1) is 7.11 Å². The molecule has 0 fully saturated rings. The van der Waals surface area contributed by atoms with Gasteiger partial charge < -0.3 is 30.3 Å². The van der Waals surface area contributed by atoms with Gasteiger partial charge >= 0.3 is 0 Å². The number of hydrogen-bond donors (Lipinski definition) is 5. The van der Waals surface area contributed by atoms with E-state index in [-0.39, 0.29) is 45.6 Å². The van der Waals surface area contributed by atoms with Crippen molar-refractivity contribution in [3.05, 3.63) is 119 Å². The summed E-state index contributed by atoms with van der Waals surface area (Å²) in [5.74, 6) is -0.991. The van der Waals surface area contributed by atoms with Gasteiger partial charge in [-0.2, -0.15) is 0 Å². The van der Waals surface area contributed by atoms with Gasteiger partial charge in [-0.1, -0.05) is 61.0 Å². The molecule has 1 atom stereocenters. The van der Waals surface area contributed by atoms with Crippen molar-refractivity contribution in [2.45, 2.75) is 31.6 Å². The molecule has 216 valence electrons. The third kappa shape index (κ3) is 7.73. The van der Waals surface area contributed by atoms with Crippen LogP contribution in [0, 0.1) is 0 Å². The number of aromatic hydroxyl groups is 5. The Morgan fingerprint density at radius 3 is 1.88 bits per heavy atom. The van der Waals surface area contributed by atoms with Gasteiger partial charge in [0.1, 0.15) is 40.1 Å². The van der Waals surface area contributed by atoms with Crippen molar-refractivity contribution in [2.24, 2.45) is 0 Å². The number of aryl methyl sites for hydroxylation is 1. The zero-order chi connectivity index (χ0) is 30.1. The number of carbonyl (C=O) groups excluding carboxylic acids is 1. The summed E-state index contributed by atoms with van der Waals surface area (Å²) < 4.78 is 5.36. The van der Waals surface area contributed by atoms with E-state index in [1.165, 1.54) is 31.4 Å². The van der Waals surface area contributed by atoms with E-state index in [0.717, 1.165) is 30.4 Å². The van der Waals surface area contributed by atoms with Gasteiger partial charge in [0.15, 0.2) is 5.78 Å². The van der Waals surface area contributed by atoms with Crippen LogP contribution >= 0.6 is 0 Å². The van der Waals surface area contributed by atoms with Gasteiger partial charge in [0.2, 0.25) is 0 Å². The molecule has 0 saturated heterocycles. The SMILES string of the molecule is COc1cc(O)c([C@@H](/C=C/c2ccc(O)cc2)CCCCc2ccc(O)cc2)c(O)c1C(=O)/C=C/c1ccc(O)cc1. The Bertz CT molecular complexity index is 1550. The number of benzene rings is 4. The first-order chi connectivity index (χ1) is 20.2. The van der Waals surface area contributed by atoms with Crippen LogP contribution in [0.4, 0.5) is 0 Å². The quantitative estimate of drug-likeness (QED) is 0.0690. The maximum atomic E-state index is 13.3. The fraction of sp³-hybridized carbons (Fsp3) is 0.171. The van der Waals surface area contributed by atoms with Gasteiger partial charge in [-0.15, -0.1) is 0 Å². The number of carbonyl (C=O) groups is 1. The minimum Gasteiger partial charge on any atom is -0.508 e. The lowest BCUT2D eigenvalue weighted by Crippen LogP contribution is -2.05. The van der Waals surface area contributed by atoms with E-state index in [0.29, 0.717) is 12.0 Å². The normalized spacial score (nSPS) is 12.1. The molecule has 0 aromatic heterocycles. The summed E-state index contributed by atoms with van der Waals surface area (Å²) in [4.78, 5) is 13.3. The molecular formula is C35H34O7. The minimum atomic E-state index is -0.507. The zero-order valence-corrected chi connectivity index (χ0v) is 23.3. The van der Waals surface area contributed by atoms with Gasteiger partial charge in [0, 0.05) is 17.5 Å². The van der Waals surface area contributed by atoms with Crippen molar-refractivity contribution in [3.8, 4) is 34.5 Å². The predicted molar refractivity (Wildman–Crippen MR) is 163 cm³/mol. The van der Waals surface area contributed by atoms with Crippen LogP contribution in [0.1, 0.15) is 57.8 Å². The Hall–Kier alpha value is -5.17. The summed E-state index contributed by atoms with van der Waals surface area (Å²) in [6.45, 7) is 0. The van der Waals surface area contributed by atoms with E-state index in [1.807, 2.05) is 24.3 Å². The van der Waals surface area contributed by atoms with E-state index in [2.05, 4.69) is 0 Å². The van der Waals surface area contributed by atoms with Crippen LogP contribution in [0.2, 0.25) is 0 Å². The first-order valence-electron chi connectivity index (χ1n) is 13.6. The first-order valence-corrected chi connectivity index (χ1v) is 13.6. The van der Waals surface area contributed by atoms with Crippen LogP contribution in [0.5, 0.6) is 34.5 Å². The standard InChI is InChI=1S/C35H34O7/c1-42-32-22-31(40)33(35(41)34(32)30(39)21-13-25-11-19-29(38)20-12-25)26(14-6-24-9-17-28(37)18-10-24)5-3-2-4-23-7-15-27(36)16-8-23/h6-22,26,36-38,40-41H,2-5H2,1H3/b14-6+,21-13+/t26-/m1/s1. The van der Waals surface area contributed by atoms with E-state index < -0.39 is 11.7 Å². The number of allylic oxidation sites excluding steroid dienone is 2. The summed E-state index contributed by atoms with van der Waals surface area (Å²) in [6, 6.07) is 21.4. The highest BCUT2D eigenvalue weighted by Crippen LogP contribution is 2.44. The first kappa shape index (κ1) is 29.8. The summed E-state index contributed by atoms with van der Waals surface area (Å²) in [6.07, 6.45) is 9.53. The van der Waals surface area contributed by atoms with E-state index in [1.54, 1.807) is 54.6 Å². The number of phenolic OH excluding ortho intramolecular Hbond substituents is 5. The predicted octanol–water partition coefficient (Wildman–Crippen LogP) is 7.33. The molecule has 5 N–H and O–H groups in total. The van der Waals surface area contributed by atoms with Crippen LogP contribution in [-0.2, 0) is 6.42 Å². The Morgan fingerprint density at radius 1 is 0.762 bits per heavy atom. The van der Waals surface area contributed by atoms with Crippen molar-refractivity contribution < 1.29 is 35.1 Å². The van der Waals surface area contributed by atoms with Crippen LogP contribution < -0.4 is 4.74 Å². The molecule has 4 rings (SSSR count). The summed E-state index contributed by atoms with van der Waals surface area (Å²) >= 11 is 0. The minimum absolute atomic E-state index is 0.0442. The molecule has 0 bridgehead atoms. The second-order valence-corrected chi connectivity index (χ2v) is 9.99. The van der Waals surface area contributed by atoms with E-state index >= 15 is 0 Å². The fourth-order valence-electron chi connectivity index (χ4n) is 4.76. The number of hydrogen-bond acceptors (Lipinski definition) is 7. The molecule has 4 aromatic rings. The van der Waals surface area contributed by atoms with Crippen molar-refractivity contribution in [2.75, 3.05) is 7.11 Å². The molecule has 0 unspecified atom stereocenters. The highest BCUT2D eigenvalue weighted by Gasteiger charge is 2.26. The average molecular weight is 567 g/mol. The average Bonchev–Trinajstić information content (AvgIpc) is 2.98. The summed E-state index contributed by atoms with van der Waals surface area (Å²) in [5, 5.41) is 51.1. The molecule has 0 heterocycles. The number of methoxy groups -OCH3 is 1. The second kappa shape index (κ2) is 13.9. The molecule has 0 spiro atoms. The third-order valence-corrected chi connectivity index (χ3v) is 7.02. The van der Waals surface area contributed by atoms with Crippen LogP contribution in [0.15, 0.2) is 91.0 Å². The highest BCUT2D eigenvalue weighted by atomic mass is 16.5. The number of ketones is 1. The topological polar surface area (TPSA) is 127 Å². The smallest absolute Gasteiger partial charge is 0.193 e. The summed E-state index contributed by atoms with van der Waals surface area (Å²) in [5.41, 5.74) is 2.75. The molecule has 42 heavy (non-hydrogen) atoms. The monoisotopic (exact) mass is 566 g/mol. The van der Waals surface area contributed by atoms with Crippen LogP contribution in [0.25, 0.3) is 12.2 Å². The Morgan fingerprint density at radius 2 is 1.31 bits per heavy atom.